The molecule has 4 nitrogen and oxygen atoms in total. The van der Waals surface area contributed by atoms with Gasteiger partial charge in [-0.25, -0.2) is 4.39 Å². The molecule has 1 aliphatic heterocycles. The summed E-state index contributed by atoms with van der Waals surface area (Å²) >= 11 is 0. The van der Waals surface area contributed by atoms with Gasteiger partial charge in [0.05, 0.1) is 5.41 Å². The zero-order chi connectivity index (χ0) is 28.1. The molecule has 4 aliphatic carbocycles. The van der Waals surface area contributed by atoms with Crippen molar-refractivity contribution in [1.82, 2.24) is 0 Å². The Balaban J connectivity index is 1.49. The first-order valence-corrected chi connectivity index (χ1v) is 15.4. The van der Waals surface area contributed by atoms with Crippen LogP contribution in [-0.4, -0.2) is 42.5 Å². The van der Waals surface area contributed by atoms with Gasteiger partial charge >= 0.3 is 0 Å². The van der Waals surface area contributed by atoms with Gasteiger partial charge in [-0.3, -0.25) is 9.59 Å². The van der Waals surface area contributed by atoms with Crippen molar-refractivity contribution in [2.45, 2.75) is 90.1 Å². The van der Waals surface area contributed by atoms with Gasteiger partial charge in [-0.05, 0) is 104 Å². The highest BCUT2D eigenvalue weighted by Crippen LogP contribution is 2.70. The monoisotopic (exact) mass is 543 g/mol. The number of fused-ring (bicyclic) bond motifs is 4. The lowest BCUT2D eigenvalue weighted by Gasteiger charge is -2.55. The van der Waals surface area contributed by atoms with E-state index in [0.717, 1.165) is 31.5 Å². The van der Waals surface area contributed by atoms with Crippen LogP contribution in [0.25, 0.3) is 0 Å². The van der Waals surface area contributed by atoms with Gasteiger partial charge in [0, 0.05) is 37.5 Å². The Morgan fingerprint density at radius 2 is 1.90 bits per heavy atom. The molecule has 212 valence electrons. The van der Waals surface area contributed by atoms with Crippen molar-refractivity contribution >= 4 is 17.3 Å². The molecule has 0 aromatic heterocycles. The summed E-state index contributed by atoms with van der Waals surface area (Å²) in [7, 11) is 0. The lowest BCUT2D eigenvalue weighted by molar-refractivity contribution is -0.132. The van der Waals surface area contributed by atoms with Crippen LogP contribution in [0, 0.1) is 34.5 Å². The summed E-state index contributed by atoms with van der Waals surface area (Å²) in [6.45, 7) is 6.04. The van der Waals surface area contributed by atoms with Gasteiger partial charge in [-0.2, -0.15) is 0 Å². The summed E-state index contributed by atoms with van der Waals surface area (Å²) < 4.78 is 15.9. The van der Waals surface area contributed by atoms with Crippen molar-refractivity contribution in [3.05, 3.63) is 52.6 Å². The molecule has 1 N–H and O–H groups in total. The number of hydrogen-bond acceptors (Lipinski definition) is 4. The number of anilines is 1. The van der Waals surface area contributed by atoms with E-state index in [1.807, 2.05) is 6.92 Å². The third-order valence-electron chi connectivity index (χ3n) is 11.1. The topological polar surface area (TPSA) is 57.6 Å². The van der Waals surface area contributed by atoms with Crippen molar-refractivity contribution in [2.24, 2.45) is 22.7 Å². The molecule has 1 aromatic rings. The molecular formula is C35H42FNO3. The average Bonchev–Trinajstić information content (AvgIpc) is 3.28. The van der Waals surface area contributed by atoms with Crippen LogP contribution in [0.4, 0.5) is 10.1 Å². The molecule has 1 aromatic carbocycles. The summed E-state index contributed by atoms with van der Waals surface area (Å²) in [6, 6.07) is 8.97. The Hall–Kier alpha value is -2.71. The SMILES string of the molecule is CCC(=O)[C@@]1(C#CCO)CC[C@H]2[C@@H]3CC(F)C4=CC(=O)CCC4=C3C(c3ccc(N4CCCCC4)cc3)C[C@@]21C. The number of nitrogens with zero attached hydrogens (tertiary/aromatic N) is 1. The molecule has 5 heteroatoms. The average molecular weight is 544 g/mol. The van der Waals surface area contributed by atoms with Crippen molar-refractivity contribution < 1.29 is 19.1 Å². The molecular weight excluding hydrogens is 501 g/mol. The van der Waals surface area contributed by atoms with Gasteiger partial charge < -0.3 is 10.0 Å². The van der Waals surface area contributed by atoms with Crippen LogP contribution in [-0.2, 0) is 9.59 Å². The van der Waals surface area contributed by atoms with Gasteiger partial charge in [0.25, 0.3) is 0 Å². The molecule has 0 bridgehead atoms. The number of ketones is 2. The van der Waals surface area contributed by atoms with Crippen LogP contribution in [0.15, 0.2) is 47.1 Å². The maximum Gasteiger partial charge on any atom is 0.156 e. The maximum atomic E-state index is 15.9. The van der Waals surface area contributed by atoms with Crippen molar-refractivity contribution in [2.75, 3.05) is 24.6 Å². The van der Waals surface area contributed by atoms with Gasteiger partial charge in [-0.15, -0.1) is 0 Å². The van der Waals surface area contributed by atoms with E-state index in [2.05, 4.69) is 47.9 Å². The molecule has 3 fully saturated rings. The maximum absolute atomic E-state index is 15.9. The first kappa shape index (κ1) is 27.5. The number of piperidine rings is 1. The molecule has 0 spiro atoms. The number of benzene rings is 1. The molecule has 5 aliphatic rings. The quantitative estimate of drug-likeness (QED) is 0.442. The van der Waals surface area contributed by atoms with Crippen LogP contribution in [0.1, 0.15) is 89.5 Å². The van der Waals surface area contributed by atoms with Gasteiger partial charge in [0.1, 0.15) is 12.8 Å². The standard InChI is InChI=1S/C35H42FNO3/c1-3-32(40)35(15-7-19-38)16-14-30-28-21-31(36)27-20-25(39)12-13-26(27)33(28)29(22-34(30,35)2)23-8-10-24(11-9-23)37-17-5-4-6-18-37/h8-11,20,28-31,38H,3-6,12-14,16-19,21-22H2,1-2H3/t28-,29?,30-,31?,34-,35+/m0/s1. The lowest BCUT2D eigenvalue weighted by Crippen LogP contribution is -2.51. The minimum absolute atomic E-state index is 0.0170. The first-order valence-electron chi connectivity index (χ1n) is 15.4. The first-order chi connectivity index (χ1) is 19.3. The Kier molecular flexibility index (Phi) is 7.28. The predicted octanol–water partition coefficient (Wildman–Crippen LogP) is 6.49. The molecule has 2 unspecified atom stereocenters. The fraction of sp³-hybridized carbons (Fsp3) is 0.600. The van der Waals surface area contributed by atoms with Crippen molar-refractivity contribution in [3.63, 3.8) is 0 Å². The van der Waals surface area contributed by atoms with E-state index in [4.69, 9.17) is 0 Å². The number of carbonyl (C=O) groups excluding carboxylic acids is 2. The zero-order valence-electron chi connectivity index (χ0n) is 24.0. The van der Waals surface area contributed by atoms with E-state index in [1.165, 1.54) is 36.1 Å². The Bertz CT molecular complexity index is 1310. The normalized spacial score (nSPS) is 35.2. The number of halogens is 1. The second-order valence-electron chi connectivity index (χ2n) is 12.9. The van der Waals surface area contributed by atoms with Gasteiger partial charge in [0.2, 0.25) is 0 Å². The van der Waals surface area contributed by atoms with Gasteiger partial charge in [-0.1, -0.05) is 43.4 Å². The fourth-order valence-electron chi connectivity index (χ4n) is 9.26. The Labute approximate surface area is 238 Å². The highest BCUT2D eigenvalue weighted by Gasteiger charge is 2.65. The van der Waals surface area contributed by atoms with E-state index in [1.54, 1.807) is 6.08 Å². The van der Waals surface area contributed by atoms with E-state index in [0.29, 0.717) is 37.7 Å². The summed E-state index contributed by atoms with van der Waals surface area (Å²) in [5.41, 5.74) is 4.18. The summed E-state index contributed by atoms with van der Waals surface area (Å²) in [6.07, 6.45) is 8.21. The predicted molar refractivity (Wildman–Crippen MR) is 156 cm³/mol. The Morgan fingerprint density at radius 1 is 1.15 bits per heavy atom. The summed E-state index contributed by atoms with van der Waals surface area (Å²) in [5, 5.41) is 9.63. The van der Waals surface area contributed by atoms with E-state index >= 15 is 4.39 Å². The Morgan fingerprint density at radius 3 is 2.60 bits per heavy atom. The van der Waals surface area contributed by atoms with Gasteiger partial charge in [0.15, 0.2) is 11.6 Å². The second-order valence-corrected chi connectivity index (χ2v) is 12.9. The lowest BCUT2D eigenvalue weighted by atomic mass is 9.48. The van der Waals surface area contributed by atoms with Crippen LogP contribution in [0.2, 0.25) is 0 Å². The molecule has 0 radical (unpaired) electrons. The van der Waals surface area contributed by atoms with Crippen LogP contribution < -0.4 is 4.90 Å². The molecule has 1 heterocycles. The number of aliphatic hydroxyl groups excluding tert-OH is 1. The van der Waals surface area contributed by atoms with E-state index in [9.17, 15) is 14.7 Å². The highest BCUT2D eigenvalue weighted by atomic mass is 19.1. The minimum atomic E-state index is -1.15. The van der Waals surface area contributed by atoms with Crippen LogP contribution in [0.3, 0.4) is 0 Å². The molecule has 6 atom stereocenters. The number of allylic oxidation sites excluding steroid dienone is 4. The van der Waals surface area contributed by atoms with E-state index in [-0.39, 0.29) is 35.9 Å². The summed E-state index contributed by atoms with van der Waals surface area (Å²) in [5.74, 6) is 6.55. The second kappa shape index (κ2) is 10.6. The number of rotatable bonds is 4. The number of alkyl halides is 1. The largest absolute Gasteiger partial charge is 0.384 e. The number of Topliss-reactive ketones (excluding diaryl/α,β-unsaturated/α-hetero) is 1. The summed E-state index contributed by atoms with van der Waals surface area (Å²) in [4.78, 5) is 28.5. The van der Waals surface area contributed by atoms with Crippen LogP contribution in [0.5, 0.6) is 0 Å². The number of hydrogen-bond donors (Lipinski definition) is 1. The zero-order valence-corrected chi connectivity index (χ0v) is 24.0. The molecule has 1 saturated heterocycles. The van der Waals surface area contributed by atoms with Crippen molar-refractivity contribution in [1.29, 1.82) is 0 Å². The number of carbonyl (C=O) groups is 2. The van der Waals surface area contributed by atoms with E-state index < -0.39 is 17.0 Å². The minimum Gasteiger partial charge on any atom is -0.384 e. The number of aliphatic hydroxyl groups is 1. The molecule has 40 heavy (non-hydrogen) atoms. The highest BCUT2D eigenvalue weighted by molar-refractivity contribution is 5.93. The molecule has 6 rings (SSSR count). The third-order valence-corrected chi connectivity index (χ3v) is 11.1. The van der Waals surface area contributed by atoms with Crippen molar-refractivity contribution in [3.8, 4) is 11.8 Å². The smallest absolute Gasteiger partial charge is 0.156 e. The third kappa shape index (κ3) is 4.21. The molecule has 2 saturated carbocycles. The molecule has 0 amide bonds. The van der Waals surface area contributed by atoms with Crippen LogP contribution >= 0.6 is 0 Å². The fourth-order valence-corrected chi connectivity index (χ4v) is 9.26.